The van der Waals surface area contributed by atoms with Gasteiger partial charge in [-0.1, -0.05) is 25.1 Å². The van der Waals surface area contributed by atoms with Gasteiger partial charge in [0.25, 0.3) is 0 Å². The van der Waals surface area contributed by atoms with Gasteiger partial charge in [0.05, 0.1) is 10.8 Å². The van der Waals surface area contributed by atoms with E-state index in [1.165, 1.54) is 0 Å². The molecule has 1 aliphatic heterocycles. The number of carbonyl (C=O) groups excluding carboxylic acids is 1. The number of fused-ring (bicyclic) bond motifs is 1. The molecule has 0 radical (unpaired) electrons. The van der Waals surface area contributed by atoms with Crippen LogP contribution in [0, 0.1) is 5.92 Å². The van der Waals surface area contributed by atoms with E-state index in [1.54, 1.807) is 12.1 Å². The summed E-state index contributed by atoms with van der Waals surface area (Å²) >= 11 is 0. The Kier molecular flexibility index (Phi) is 3.00. The maximum absolute atomic E-state index is 11.9. The zero-order valence-electron chi connectivity index (χ0n) is 8.73. The molecule has 3 heteroatoms. The molecule has 0 unspecified atom stereocenters. The summed E-state index contributed by atoms with van der Waals surface area (Å²) in [7, 11) is -1.01. The van der Waals surface area contributed by atoms with E-state index < -0.39 is 10.8 Å². The standard InChI is InChI=1S/C12H14O2S/c1-9-6-7-15(14)12-5-3-2-4-10(12)11(13)8-9/h2-5,9H,6-8H2,1H3/t9-,15-/m0/s1. The molecule has 0 fully saturated rings. The highest BCUT2D eigenvalue weighted by atomic mass is 32.2. The van der Waals surface area contributed by atoms with Gasteiger partial charge in [-0.25, -0.2) is 0 Å². The molecule has 1 aliphatic rings. The molecule has 2 nitrogen and oxygen atoms in total. The largest absolute Gasteiger partial charge is 0.294 e. The van der Waals surface area contributed by atoms with Crippen molar-refractivity contribution in [2.75, 3.05) is 5.75 Å². The molecule has 0 aliphatic carbocycles. The highest BCUT2D eigenvalue weighted by molar-refractivity contribution is 7.85. The Morgan fingerprint density at radius 1 is 1.33 bits per heavy atom. The number of rotatable bonds is 0. The fourth-order valence-electron chi connectivity index (χ4n) is 1.84. The Balaban J connectivity index is 2.46. The van der Waals surface area contributed by atoms with Gasteiger partial charge >= 0.3 is 0 Å². The second-order valence-electron chi connectivity index (χ2n) is 4.07. The smallest absolute Gasteiger partial charge is 0.164 e. The van der Waals surface area contributed by atoms with Gasteiger partial charge in [0, 0.05) is 22.6 Å². The number of ketones is 1. The summed E-state index contributed by atoms with van der Waals surface area (Å²) in [5, 5.41) is 0. The SMILES string of the molecule is C[C@H]1CC[S@](=O)c2ccccc2C(=O)C1. The van der Waals surface area contributed by atoms with Crippen molar-refractivity contribution in [3.05, 3.63) is 29.8 Å². The molecule has 1 aromatic carbocycles. The first-order valence-corrected chi connectivity index (χ1v) is 6.51. The third kappa shape index (κ3) is 2.17. The highest BCUT2D eigenvalue weighted by Gasteiger charge is 2.21. The van der Waals surface area contributed by atoms with Gasteiger partial charge in [-0.3, -0.25) is 9.00 Å². The number of hydrogen-bond acceptors (Lipinski definition) is 2. The van der Waals surface area contributed by atoms with Crippen LogP contribution in [0.3, 0.4) is 0 Å². The lowest BCUT2D eigenvalue weighted by molar-refractivity contribution is 0.0960. The molecular formula is C12H14O2S. The van der Waals surface area contributed by atoms with Crippen molar-refractivity contribution >= 4 is 16.6 Å². The van der Waals surface area contributed by atoms with E-state index in [9.17, 15) is 9.00 Å². The lowest BCUT2D eigenvalue weighted by atomic mass is 9.97. The van der Waals surface area contributed by atoms with Crippen molar-refractivity contribution in [2.24, 2.45) is 5.92 Å². The molecule has 0 spiro atoms. The molecular weight excluding hydrogens is 208 g/mol. The van der Waals surface area contributed by atoms with E-state index in [1.807, 2.05) is 19.1 Å². The van der Waals surface area contributed by atoms with Gasteiger partial charge in [0.15, 0.2) is 5.78 Å². The average molecular weight is 222 g/mol. The highest BCUT2D eigenvalue weighted by Crippen LogP contribution is 2.23. The summed E-state index contributed by atoms with van der Waals surface area (Å²) in [6.07, 6.45) is 1.45. The number of Topliss-reactive ketones (excluding diaryl/α,β-unsaturated/α-hetero) is 1. The van der Waals surface area contributed by atoms with Crippen LogP contribution in [0.1, 0.15) is 30.1 Å². The zero-order chi connectivity index (χ0) is 10.8. The molecule has 1 aromatic rings. The van der Waals surface area contributed by atoms with Gasteiger partial charge in [0.1, 0.15) is 0 Å². The fourth-order valence-corrected chi connectivity index (χ4v) is 3.34. The minimum Gasteiger partial charge on any atom is -0.294 e. The lowest BCUT2D eigenvalue weighted by Crippen LogP contribution is -2.16. The van der Waals surface area contributed by atoms with Crippen LogP contribution in [-0.2, 0) is 10.8 Å². The second-order valence-corrected chi connectivity index (χ2v) is 5.61. The fraction of sp³-hybridized carbons (Fsp3) is 0.417. The molecule has 0 saturated carbocycles. The van der Waals surface area contributed by atoms with Crippen LogP contribution in [0.15, 0.2) is 29.2 Å². The van der Waals surface area contributed by atoms with Crippen LogP contribution >= 0.6 is 0 Å². The molecule has 80 valence electrons. The summed E-state index contributed by atoms with van der Waals surface area (Å²) in [6.45, 7) is 2.04. The van der Waals surface area contributed by atoms with Crippen molar-refractivity contribution in [1.29, 1.82) is 0 Å². The molecule has 0 aromatic heterocycles. The van der Waals surface area contributed by atoms with Crippen LogP contribution in [0.25, 0.3) is 0 Å². The van der Waals surface area contributed by atoms with Crippen molar-refractivity contribution < 1.29 is 9.00 Å². The summed E-state index contributed by atoms with van der Waals surface area (Å²) in [6, 6.07) is 7.27. The first kappa shape index (κ1) is 10.6. The summed E-state index contributed by atoms with van der Waals surface area (Å²) in [4.78, 5) is 12.6. The minimum atomic E-state index is -1.01. The van der Waals surface area contributed by atoms with Crippen LogP contribution in [0.5, 0.6) is 0 Å². The minimum absolute atomic E-state index is 0.131. The first-order chi connectivity index (χ1) is 7.18. The maximum atomic E-state index is 11.9. The Labute approximate surface area is 92.2 Å². The summed E-state index contributed by atoms with van der Waals surface area (Å²) in [5.74, 6) is 1.15. The van der Waals surface area contributed by atoms with Crippen LogP contribution in [0.2, 0.25) is 0 Å². The predicted molar refractivity (Wildman–Crippen MR) is 60.4 cm³/mol. The topological polar surface area (TPSA) is 34.1 Å². The maximum Gasteiger partial charge on any atom is 0.164 e. The van der Waals surface area contributed by atoms with Crippen LogP contribution in [-0.4, -0.2) is 15.7 Å². The molecule has 2 rings (SSSR count). The van der Waals surface area contributed by atoms with Crippen LogP contribution < -0.4 is 0 Å². The van der Waals surface area contributed by atoms with Crippen molar-refractivity contribution in [2.45, 2.75) is 24.7 Å². The van der Waals surface area contributed by atoms with Gasteiger partial charge in [-0.2, -0.15) is 0 Å². The van der Waals surface area contributed by atoms with E-state index in [0.29, 0.717) is 23.7 Å². The van der Waals surface area contributed by atoms with Crippen molar-refractivity contribution in [1.82, 2.24) is 0 Å². The molecule has 1 heterocycles. The van der Waals surface area contributed by atoms with Gasteiger partial charge < -0.3 is 0 Å². The second kappa shape index (κ2) is 4.27. The monoisotopic (exact) mass is 222 g/mol. The van der Waals surface area contributed by atoms with E-state index in [4.69, 9.17) is 0 Å². The Morgan fingerprint density at radius 3 is 2.87 bits per heavy atom. The molecule has 0 N–H and O–H groups in total. The Hall–Kier alpha value is -0.960. The average Bonchev–Trinajstić information content (AvgIpc) is 2.24. The van der Waals surface area contributed by atoms with E-state index in [-0.39, 0.29) is 5.78 Å². The quantitative estimate of drug-likeness (QED) is 0.675. The number of benzene rings is 1. The molecule has 0 amide bonds. The first-order valence-electron chi connectivity index (χ1n) is 5.19. The molecule has 0 bridgehead atoms. The third-order valence-electron chi connectivity index (χ3n) is 2.76. The zero-order valence-corrected chi connectivity index (χ0v) is 9.55. The number of hydrogen-bond donors (Lipinski definition) is 0. The van der Waals surface area contributed by atoms with Gasteiger partial charge in [-0.15, -0.1) is 0 Å². The van der Waals surface area contributed by atoms with Gasteiger partial charge in [0.2, 0.25) is 0 Å². The van der Waals surface area contributed by atoms with Crippen LogP contribution in [0.4, 0.5) is 0 Å². The molecule has 0 saturated heterocycles. The van der Waals surface area contributed by atoms with Crippen molar-refractivity contribution in [3.8, 4) is 0 Å². The van der Waals surface area contributed by atoms with E-state index in [0.717, 1.165) is 11.3 Å². The normalized spacial score (nSPS) is 26.6. The van der Waals surface area contributed by atoms with E-state index in [2.05, 4.69) is 0 Å². The molecule has 2 atom stereocenters. The Morgan fingerprint density at radius 2 is 2.07 bits per heavy atom. The Bertz CT molecular complexity index is 412. The predicted octanol–water partition coefficient (Wildman–Crippen LogP) is 2.41. The summed E-state index contributed by atoms with van der Waals surface area (Å²) < 4.78 is 11.9. The summed E-state index contributed by atoms with van der Waals surface area (Å²) in [5.41, 5.74) is 0.655. The van der Waals surface area contributed by atoms with E-state index >= 15 is 0 Å². The van der Waals surface area contributed by atoms with Crippen molar-refractivity contribution in [3.63, 3.8) is 0 Å². The molecule has 15 heavy (non-hydrogen) atoms. The third-order valence-corrected chi connectivity index (χ3v) is 4.22. The lowest BCUT2D eigenvalue weighted by Gasteiger charge is -2.16. The number of carbonyl (C=O) groups is 1. The van der Waals surface area contributed by atoms with Gasteiger partial charge in [-0.05, 0) is 18.4 Å².